The molecule has 18 heavy (non-hydrogen) atoms. The zero-order chi connectivity index (χ0) is 13.2. The van der Waals surface area contributed by atoms with Crippen LogP contribution >= 0.6 is 0 Å². The molecule has 0 spiro atoms. The summed E-state index contributed by atoms with van der Waals surface area (Å²) in [5.74, 6) is -1.12. The number of nitrogens with one attached hydrogen (secondary N) is 2. The minimum atomic E-state index is -4.18. The van der Waals surface area contributed by atoms with Gasteiger partial charge in [-0.3, -0.25) is 9.52 Å². The summed E-state index contributed by atoms with van der Waals surface area (Å²) in [5.41, 5.74) is -0.484. The second kappa shape index (κ2) is 4.53. The molecule has 0 saturated carbocycles. The lowest BCUT2D eigenvalue weighted by molar-refractivity contribution is 0.556. The van der Waals surface area contributed by atoms with E-state index in [9.17, 15) is 17.6 Å². The maximum atomic E-state index is 13.3. The Hall–Kier alpha value is -2.29. The van der Waals surface area contributed by atoms with E-state index in [4.69, 9.17) is 0 Å². The van der Waals surface area contributed by atoms with Crippen molar-refractivity contribution in [3.8, 4) is 0 Å². The van der Waals surface area contributed by atoms with Crippen LogP contribution in [0.4, 0.5) is 10.2 Å². The maximum absolute atomic E-state index is 13.3. The molecule has 9 heteroatoms. The fourth-order valence-electron chi connectivity index (χ4n) is 1.16. The summed E-state index contributed by atoms with van der Waals surface area (Å²) in [6.07, 6.45) is 1.15. The number of H-pyrrole nitrogens is 1. The number of hydrogen-bond donors (Lipinski definition) is 2. The zero-order valence-corrected chi connectivity index (χ0v) is 9.61. The molecule has 2 aromatic heterocycles. The van der Waals surface area contributed by atoms with E-state index in [1.54, 1.807) is 0 Å². The number of halogens is 1. The van der Waals surface area contributed by atoms with Crippen LogP contribution < -0.4 is 10.3 Å². The third-order valence-corrected chi connectivity index (χ3v) is 3.18. The number of rotatable bonds is 3. The first-order valence-corrected chi connectivity index (χ1v) is 6.16. The second-order valence-corrected chi connectivity index (χ2v) is 4.80. The third kappa shape index (κ3) is 2.51. The van der Waals surface area contributed by atoms with E-state index in [1.165, 1.54) is 6.07 Å². The summed E-state index contributed by atoms with van der Waals surface area (Å²) in [4.78, 5) is 14.2. The Bertz CT molecular complexity index is 708. The lowest BCUT2D eigenvalue weighted by atomic mass is 10.5. The van der Waals surface area contributed by atoms with E-state index >= 15 is 0 Å². The molecule has 0 aliphatic heterocycles. The van der Waals surface area contributed by atoms with Gasteiger partial charge in [-0.15, -0.1) is 0 Å². The summed E-state index contributed by atoms with van der Waals surface area (Å²) >= 11 is 0. The summed E-state index contributed by atoms with van der Waals surface area (Å²) in [5, 5.41) is 4.74. The van der Waals surface area contributed by atoms with Crippen molar-refractivity contribution in [2.24, 2.45) is 0 Å². The molecule has 0 fully saturated rings. The second-order valence-electron chi connectivity index (χ2n) is 3.20. The van der Waals surface area contributed by atoms with Crippen LogP contribution in [0, 0.1) is 5.82 Å². The third-order valence-electron chi connectivity index (χ3n) is 1.90. The molecule has 2 rings (SSSR count). The highest BCUT2D eigenvalue weighted by molar-refractivity contribution is 7.92. The Balaban J connectivity index is 2.36. The standard InChI is InChI=1S/C9H7FN4O3S/c10-6-2-1-5-11-9(6)18(16,17)14-7-3-4-8(15)13-12-7/h1-5H,(H,12,14)(H,13,15). The molecule has 0 amide bonds. The zero-order valence-electron chi connectivity index (χ0n) is 8.79. The van der Waals surface area contributed by atoms with Crippen molar-refractivity contribution < 1.29 is 12.8 Å². The number of aromatic amines is 1. The minimum Gasteiger partial charge on any atom is -0.268 e. The maximum Gasteiger partial charge on any atom is 0.283 e. The van der Waals surface area contributed by atoms with Crippen LogP contribution in [0.1, 0.15) is 0 Å². The Morgan fingerprint density at radius 2 is 2.06 bits per heavy atom. The summed E-state index contributed by atoms with van der Waals surface area (Å²) in [7, 11) is -4.18. The Morgan fingerprint density at radius 3 is 2.67 bits per heavy atom. The number of pyridine rings is 1. The number of sulfonamides is 1. The fourth-order valence-corrected chi connectivity index (χ4v) is 2.17. The molecule has 0 saturated heterocycles. The molecule has 0 unspecified atom stereocenters. The average molecular weight is 270 g/mol. The van der Waals surface area contributed by atoms with Gasteiger partial charge in [-0.05, 0) is 18.2 Å². The van der Waals surface area contributed by atoms with E-state index in [1.807, 2.05) is 9.82 Å². The van der Waals surface area contributed by atoms with Crippen molar-refractivity contribution in [1.82, 2.24) is 15.2 Å². The van der Waals surface area contributed by atoms with Gasteiger partial charge < -0.3 is 0 Å². The van der Waals surface area contributed by atoms with E-state index in [0.29, 0.717) is 0 Å². The van der Waals surface area contributed by atoms with E-state index < -0.39 is 26.4 Å². The number of hydrogen-bond acceptors (Lipinski definition) is 5. The van der Waals surface area contributed by atoms with Crippen LogP contribution in [0.3, 0.4) is 0 Å². The first-order valence-electron chi connectivity index (χ1n) is 4.68. The number of aromatic nitrogens is 3. The molecule has 7 nitrogen and oxygen atoms in total. The lowest BCUT2D eigenvalue weighted by Crippen LogP contribution is -2.18. The Labute approximate surface area is 101 Å². The molecule has 2 N–H and O–H groups in total. The molecule has 0 aromatic carbocycles. The van der Waals surface area contributed by atoms with Gasteiger partial charge in [0.05, 0.1) is 0 Å². The SMILES string of the molecule is O=c1ccc(NS(=O)(=O)c2ncccc2F)n[nH]1. The van der Waals surface area contributed by atoms with Crippen molar-refractivity contribution in [3.05, 3.63) is 46.6 Å². The first kappa shape index (κ1) is 12.2. The molecule has 94 valence electrons. The quantitative estimate of drug-likeness (QED) is 0.823. The minimum absolute atomic E-state index is 0.139. The van der Waals surface area contributed by atoms with E-state index in [2.05, 4.69) is 10.1 Å². The van der Waals surface area contributed by atoms with Crippen LogP contribution in [0.2, 0.25) is 0 Å². The van der Waals surface area contributed by atoms with Crippen LogP contribution in [0.15, 0.2) is 40.3 Å². The molecule has 0 aliphatic carbocycles. The van der Waals surface area contributed by atoms with Gasteiger partial charge in [0, 0.05) is 12.3 Å². The molecule has 2 aromatic rings. The van der Waals surface area contributed by atoms with Crippen LogP contribution in [0.25, 0.3) is 0 Å². The van der Waals surface area contributed by atoms with Gasteiger partial charge in [-0.1, -0.05) is 0 Å². The van der Waals surface area contributed by atoms with Crippen LogP contribution in [0.5, 0.6) is 0 Å². The van der Waals surface area contributed by atoms with Gasteiger partial charge in [-0.25, -0.2) is 14.5 Å². The van der Waals surface area contributed by atoms with Crippen LogP contribution in [-0.2, 0) is 10.0 Å². The van der Waals surface area contributed by atoms with Gasteiger partial charge in [0.15, 0.2) is 11.6 Å². The van der Waals surface area contributed by atoms with Crippen molar-refractivity contribution in [1.29, 1.82) is 0 Å². The summed E-state index contributed by atoms with van der Waals surface area (Å²) in [6, 6.07) is 4.48. The van der Waals surface area contributed by atoms with E-state index in [-0.39, 0.29) is 5.82 Å². The normalized spacial score (nSPS) is 11.2. The topological polar surface area (TPSA) is 105 Å². The highest BCUT2D eigenvalue weighted by Crippen LogP contribution is 2.13. The molecular formula is C9H7FN4O3S. The van der Waals surface area contributed by atoms with Crippen molar-refractivity contribution in [2.45, 2.75) is 5.03 Å². The monoisotopic (exact) mass is 270 g/mol. The van der Waals surface area contributed by atoms with Crippen molar-refractivity contribution in [2.75, 3.05) is 4.72 Å². The summed E-state index contributed by atoms with van der Waals surface area (Å²) in [6.45, 7) is 0. The van der Waals surface area contributed by atoms with E-state index in [0.717, 1.165) is 24.4 Å². The van der Waals surface area contributed by atoms with Gasteiger partial charge in [0.2, 0.25) is 5.03 Å². The predicted octanol–water partition coefficient (Wildman–Crippen LogP) is 0.105. The van der Waals surface area contributed by atoms with Gasteiger partial charge in [0.1, 0.15) is 0 Å². The average Bonchev–Trinajstić information content (AvgIpc) is 2.32. The Morgan fingerprint density at radius 1 is 1.28 bits per heavy atom. The van der Waals surface area contributed by atoms with Gasteiger partial charge in [-0.2, -0.15) is 13.5 Å². The smallest absolute Gasteiger partial charge is 0.268 e. The largest absolute Gasteiger partial charge is 0.283 e. The molecule has 0 atom stereocenters. The van der Waals surface area contributed by atoms with Gasteiger partial charge in [0.25, 0.3) is 15.6 Å². The van der Waals surface area contributed by atoms with Crippen LogP contribution in [-0.4, -0.2) is 23.6 Å². The molecule has 0 aliphatic rings. The highest BCUT2D eigenvalue weighted by atomic mass is 32.2. The summed E-state index contributed by atoms with van der Waals surface area (Å²) < 4.78 is 38.8. The number of anilines is 1. The Kier molecular flexibility index (Phi) is 3.06. The number of nitrogens with zero attached hydrogens (tertiary/aromatic N) is 2. The first-order chi connectivity index (χ1) is 8.49. The lowest BCUT2D eigenvalue weighted by Gasteiger charge is -2.05. The fraction of sp³-hybridized carbons (Fsp3) is 0. The molecule has 0 bridgehead atoms. The molecular weight excluding hydrogens is 263 g/mol. The predicted molar refractivity (Wildman–Crippen MR) is 59.9 cm³/mol. The van der Waals surface area contributed by atoms with Gasteiger partial charge >= 0.3 is 0 Å². The highest BCUT2D eigenvalue weighted by Gasteiger charge is 2.20. The van der Waals surface area contributed by atoms with Crippen molar-refractivity contribution in [3.63, 3.8) is 0 Å². The van der Waals surface area contributed by atoms with Crippen molar-refractivity contribution >= 4 is 15.8 Å². The molecule has 0 radical (unpaired) electrons. The molecule has 2 heterocycles.